The predicted molar refractivity (Wildman–Crippen MR) is 106 cm³/mol. The van der Waals surface area contributed by atoms with Crippen LogP contribution >= 0.6 is 11.6 Å². The van der Waals surface area contributed by atoms with E-state index >= 15 is 0 Å². The summed E-state index contributed by atoms with van der Waals surface area (Å²) in [5, 5.41) is 8.53. The number of halogens is 1. The van der Waals surface area contributed by atoms with Crippen LogP contribution in [-0.2, 0) is 0 Å². The molecule has 0 aliphatic heterocycles. The van der Waals surface area contributed by atoms with Crippen LogP contribution in [0, 0.1) is 6.92 Å². The molecule has 0 fully saturated rings. The molecule has 0 atom stereocenters. The molecule has 3 heterocycles. The van der Waals surface area contributed by atoms with Gasteiger partial charge in [0.2, 0.25) is 5.95 Å². The molecule has 5 aromatic rings. The van der Waals surface area contributed by atoms with Gasteiger partial charge < -0.3 is 5.32 Å². The quantitative estimate of drug-likeness (QED) is 0.482. The van der Waals surface area contributed by atoms with Crippen LogP contribution in [-0.4, -0.2) is 24.5 Å². The Hall–Kier alpha value is -3.65. The minimum atomic E-state index is -0.606. The van der Waals surface area contributed by atoms with E-state index in [1.165, 1.54) is 0 Å². The molecule has 0 unspecified atom stereocenters. The summed E-state index contributed by atoms with van der Waals surface area (Å²) in [5.74, 6) is 0.333. The molecule has 3 aromatic heterocycles. The van der Waals surface area contributed by atoms with E-state index in [0.29, 0.717) is 27.9 Å². The lowest BCUT2D eigenvalue weighted by molar-refractivity contribution is 0.388. The minimum absolute atomic E-state index is 0.345. The molecule has 138 valence electrons. The van der Waals surface area contributed by atoms with Crippen LogP contribution in [0.25, 0.3) is 27.9 Å². The largest absolute Gasteiger partial charge is 0.439 e. The van der Waals surface area contributed by atoms with Crippen molar-refractivity contribution < 1.29 is 4.52 Å². The van der Waals surface area contributed by atoms with E-state index in [4.69, 9.17) is 16.6 Å². The predicted octanol–water partition coefficient (Wildman–Crippen LogP) is 3.93. The van der Waals surface area contributed by atoms with Gasteiger partial charge in [0.1, 0.15) is 5.65 Å². The first-order valence-electron chi connectivity index (χ1n) is 8.45. The lowest BCUT2D eigenvalue weighted by atomic mass is 10.1. The van der Waals surface area contributed by atoms with Crippen molar-refractivity contribution >= 4 is 39.8 Å². The van der Waals surface area contributed by atoms with Crippen LogP contribution in [0.3, 0.4) is 0 Å². The van der Waals surface area contributed by atoms with Crippen molar-refractivity contribution in [2.75, 3.05) is 5.32 Å². The normalized spacial score (nSPS) is 11.4. The highest BCUT2D eigenvalue weighted by atomic mass is 35.5. The summed E-state index contributed by atoms with van der Waals surface area (Å²) >= 11 is 6.09. The number of fused-ring (bicyclic) bond motifs is 3. The van der Waals surface area contributed by atoms with Crippen molar-refractivity contribution in [3.05, 3.63) is 69.9 Å². The third kappa shape index (κ3) is 2.80. The Kier molecular flexibility index (Phi) is 3.66. The first kappa shape index (κ1) is 16.5. The van der Waals surface area contributed by atoms with Crippen LogP contribution in [0.5, 0.6) is 0 Å². The number of H-pyrrole nitrogens is 1. The Balaban J connectivity index is 1.72. The zero-order chi connectivity index (χ0) is 19.3. The fourth-order valence-electron chi connectivity index (χ4n) is 3.12. The van der Waals surface area contributed by atoms with Gasteiger partial charge >= 0.3 is 5.76 Å². The van der Waals surface area contributed by atoms with Crippen LogP contribution in [0.2, 0.25) is 5.02 Å². The van der Waals surface area contributed by atoms with Gasteiger partial charge in [0.05, 0.1) is 11.2 Å². The molecule has 0 bridgehead atoms. The smallest absolute Gasteiger partial charge is 0.325 e. The molecule has 0 aliphatic carbocycles. The van der Waals surface area contributed by atoms with Gasteiger partial charge in [-0.05, 0) is 37.3 Å². The van der Waals surface area contributed by atoms with E-state index in [2.05, 4.69) is 25.0 Å². The second kappa shape index (κ2) is 6.21. The van der Waals surface area contributed by atoms with Gasteiger partial charge in [-0.3, -0.25) is 13.9 Å². The maximum Gasteiger partial charge on any atom is 0.439 e. The second-order valence-electron chi connectivity index (χ2n) is 6.32. The molecule has 28 heavy (non-hydrogen) atoms. The van der Waals surface area contributed by atoms with Crippen LogP contribution < -0.4 is 11.1 Å². The molecule has 0 aliphatic rings. The molecule has 5 rings (SSSR count). The number of hydrogen-bond donors (Lipinski definition) is 2. The van der Waals surface area contributed by atoms with Gasteiger partial charge in [-0.25, -0.2) is 14.8 Å². The third-order valence-corrected chi connectivity index (χ3v) is 4.55. The van der Waals surface area contributed by atoms with E-state index < -0.39 is 5.76 Å². The summed E-state index contributed by atoms with van der Waals surface area (Å²) in [6.07, 6.45) is 1.91. The molecule has 0 saturated carbocycles. The van der Waals surface area contributed by atoms with Gasteiger partial charge in [-0.15, -0.1) is 0 Å². The number of imidazole rings is 1. The Labute approximate surface area is 162 Å². The Bertz CT molecular complexity index is 1400. The Morgan fingerprint density at radius 1 is 1.18 bits per heavy atom. The van der Waals surface area contributed by atoms with Crippen LogP contribution in [0.15, 0.2) is 58.0 Å². The molecule has 2 N–H and O–H groups in total. The highest BCUT2D eigenvalue weighted by Crippen LogP contribution is 2.27. The fourth-order valence-corrected chi connectivity index (χ4v) is 3.31. The van der Waals surface area contributed by atoms with Gasteiger partial charge in [-0.2, -0.15) is 0 Å². The highest BCUT2D eigenvalue weighted by Gasteiger charge is 2.13. The SMILES string of the molecule is Cc1cn2c(Nc3cccc(Cl)c3)nc3cc(-c4noc(=O)[nH]4)ccc3c2n1. The van der Waals surface area contributed by atoms with E-state index in [1.807, 2.05) is 60.0 Å². The number of benzene rings is 2. The second-order valence-corrected chi connectivity index (χ2v) is 6.76. The summed E-state index contributed by atoms with van der Waals surface area (Å²) in [6.45, 7) is 1.93. The van der Waals surface area contributed by atoms with Crippen LogP contribution in [0.1, 0.15) is 5.69 Å². The number of hydrogen-bond acceptors (Lipinski definition) is 6. The van der Waals surface area contributed by atoms with E-state index in [-0.39, 0.29) is 0 Å². The highest BCUT2D eigenvalue weighted by molar-refractivity contribution is 6.30. The number of aromatic amines is 1. The van der Waals surface area contributed by atoms with Crippen molar-refractivity contribution in [2.24, 2.45) is 0 Å². The maximum absolute atomic E-state index is 11.3. The third-order valence-electron chi connectivity index (χ3n) is 4.31. The monoisotopic (exact) mass is 392 g/mol. The topological polar surface area (TPSA) is 101 Å². The van der Waals surface area contributed by atoms with Gasteiger partial charge in [0.15, 0.2) is 5.82 Å². The average Bonchev–Trinajstić information content (AvgIpc) is 3.27. The number of anilines is 2. The zero-order valence-corrected chi connectivity index (χ0v) is 15.4. The fraction of sp³-hybridized carbons (Fsp3) is 0.0526. The molecule has 8 nitrogen and oxygen atoms in total. The maximum atomic E-state index is 11.3. The lowest BCUT2D eigenvalue weighted by Gasteiger charge is -2.11. The number of nitrogens with zero attached hydrogens (tertiary/aromatic N) is 4. The van der Waals surface area contributed by atoms with E-state index in [9.17, 15) is 4.79 Å². The van der Waals surface area contributed by atoms with Crippen molar-refractivity contribution in [3.63, 3.8) is 0 Å². The zero-order valence-electron chi connectivity index (χ0n) is 14.6. The first-order chi connectivity index (χ1) is 13.6. The number of aryl methyl sites for hydroxylation is 1. The van der Waals surface area contributed by atoms with Gasteiger partial charge in [0, 0.05) is 27.9 Å². The first-order valence-corrected chi connectivity index (χ1v) is 8.83. The number of aromatic nitrogens is 5. The Morgan fingerprint density at radius 3 is 2.86 bits per heavy atom. The van der Waals surface area contributed by atoms with E-state index in [0.717, 1.165) is 22.4 Å². The summed E-state index contributed by atoms with van der Waals surface area (Å²) < 4.78 is 6.49. The summed E-state index contributed by atoms with van der Waals surface area (Å²) in [4.78, 5) is 23.2. The minimum Gasteiger partial charge on any atom is -0.325 e. The van der Waals surface area contributed by atoms with Crippen molar-refractivity contribution in [2.45, 2.75) is 6.92 Å². The number of nitrogens with one attached hydrogen (secondary N) is 2. The molecule has 2 aromatic carbocycles. The van der Waals surface area contributed by atoms with Crippen molar-refractivity contribution in [1.29, 1.82) is 0 Å². The molecular weight excluding hydrogens is 380 g/mol. The standard InChI is InChI=1S/C19H13ClN6O2/c1-10-9-26-17(21-10)14-6-5-11(16-24-19(27)28-25-16)7-15(14)23-18(26)22-13-4-2-3-12(20)8-13/h2-9H,1H3,(H,22,23)(H,24,25,27). The van der Waals surface area contributed by atoms with Crippen molar-refractivity contribution in [3.8, 4) is 11.4 Å². The molecule has 0 saturated heterocycles. The lowest BCUT2D eigenvalue weighted by Crippen LogP contribution is -2.02. The Morgan fingerprint density at radius 2 is 2.07 bits per heavy atom. The summed E-state index contributed by atoms with van der Waals surface area (Å²) in [6, 6.07) is 13.0. The molecule has 0 radical (unpaired) electrons. The van der Waals surface area contributed by atoms with Crippen molar-refractivity contribution in [1.82, 2.24) is 24.5 Å². The molecule has 9 heteroatoms. The molecule has 0 spiro atoms. The van der Waals surface area contributed by atoms with Gasteiger partial charge in [0.25, 0.3) is 0 Å². The number of rotatable bonds is 3. The molecule has 0 amide bonds. The summed E-state index contributed by atoms with van der Waals surface area (Å²) in [7, 11) is 0. The molecular formula is C19H13ClN6O2. The van der Waals surface area contributed by atoms with Crippen LogP contribution in [0.4, 0.5) is 11.6 Å². The average molecular weight is 393 g/mol. The van der Waals surface area contributed by atoms with Gasteiger partial charge in [-0.1, -0.05) is 28.9 Å². The summed E-state index contributed by atoms with van der Waals surface area (Å²) in [5.41, 5.74) is 3.83. The van der Waals surface area contributed by atoms with E-state index in [1.54, 1.807) is 0 Å².